The number of benzene rings is 2. The van der Waals surface area contributed by atoms with Gasteiger partial charge in [0.05, 0.1) is 0 Å². The van der Waals surface area contributed by atoms with Crippen molar-refractivity contribution >= 4 is 17.4 Å². The van der Waals surface area contributed by atoms with Gasteiger partial charge in [-0.15, -0.1) is 0 Å². The Morgan fingerprint density at radius 1 is 1.00 bits per heavy atom. The smallest absolute Gasteiger partial charge is 0.274 e. The number of aryl methyl sites for hydroxylation is 3. The molecule has 0 unspecified atom stereocenters. The normalized spacial score (nSPS) is 10.6. The fourth-order valence-electron chi connectivity index (χ4n) is 2.82. The highest BCUT2D eigenvalue weighted by atomic mass is 19.1. The molecular weight excluding hydrogens is 355 g/mol. The molecule has 0 saturated carbocycles. The van der Waals surface area contributed by atoms with E-state index in [1.807, 2.05) is 32.0 Å². The standard InChI is InChI=1S/C22H23FN4O/c1-14-4-5-15(2)19(12-14)27-22(28)20-13-21(26-16(3)25-20)24-11-10-17-6-8-18(23)9-7-17/h4-9,12-13H,10-11H2,1-3H3,(H,27,28)(H,24,25,26). The number of nitrogens with one attached hydrogen (secondary N) is 2. The average Bonchev–Trinajstić information content (AvgIpc) is 2.66. The van der Waals surface area contributed by atoms with Gasteiger partial charge in [0.25, 0.3) is 5.91 Å². The van der Waals surface area contributed by atoms with Crippen LogP contribution in [0, 0.1) is 26.6 Å². The maximum atomic E-state index is 13.0. The topological polar surface area (TPSA) is 66.9 Å². The highest BCUT2D eigenvalue weighted by molar-refractivity contribution is 6.03. The van der Waals surface area contributed by atoms with Crippen LogP contribution in [0.15, 0.2) is 48.5 Å². The van der Waals surface area contributed by atoms with E-state index in [4.69, 9.17) is 0 Å². The Morgan fingerprint density at radius 2 is 1.75 bits per heavy atom. The lowest BCUT2D eigenvalue weighted by molar-refractivity contribution is 0.102. The minimum Gasteiger partial charge on any atom is -0.370 e. The number of carbonyl (C=O) groups is 1. The highest BCUT2D eigenvalue weighted by Crippen LogP contribution is 2.18. The summed E-state index contributed by atoms with van der Waals surface area (Å²) in [6.07, 6.45) is 0.716. The van der Waals surface area contributed by atoms with Gasteiger partial charge >= 0.3 is 0 Å². The first-order chi connectivity index (χ1) is 13.4. The Labute approximate surface area is 164 Å². The second kappa shape index (κ2) is 8.61. The van der Waals surface area contributed by atoms with Crippen molar-refractivity contribution in [2.24, 2.45) is 0 Å². The van der Waals surface area contributed by atoms with Crippen molar-refractivity contribution in [3.8, 4) is 0 Å². The Morgan fingerprint density at radius 3 is 2.50 bits per heavy atom. The zero-order valence-corrected chi connectivity index (χ0v) is 16.2. The molecule has 0 atom stereocenters. The maximum Gasteiger partial charge on any atom is 0.274 e. The van der Waals surface area contributed by atoms with Gasteiger partial charge in [-0.25, -0.2) is 14.4 Å². The molecule has 0 spiro atoms. The van der Waals surface area contributed by atoms with Crippen molar-refractivity contribution in [2.45, 2.75) is 27.2 Å². The summed E-state index contributed by atoms with van der Waals surface area (Å²) in [5.74, 6) is 0.571. The molecule has 0 saturated heterocycles. The molecule has 0 fully saturated rings. The van der Waals surface area contributed by atoms with Crippen LogP contribution < -0.4 is 10.6 Å². The summed E-state index contributed by atoms with van der Waals surface area (Å²) in [7, 11) is 0. The van der Waals surface area contributed by atoms with Crippen LogP contribution in [-0.2, 0) is 6.42 Å². The van der Waals surface area contributed by atoms with E-state index in [2.05, 4.69) is 20.6 Å². The lowest BCUT2D eigenvalue weighted by Gasteiger charge is -2.11. The summed E-state index contributed by atoms with van der Waals surface area (Å²) in [6, 6.07) is 13.9. The van der Waals surface area contributed by atoms with Crippen molar-refractivity contribution in [3.05, 3.63) is 82.6 Å². The molecule has 144 valence electrons. The molecular formula is C22H23FN4O. The number of nitrogens with zero attached hydrogens (tertiary/aromatic N) is 2. The molecule has 3 aromatic rings. The van der Waals surface area contributed by atoms with Crippen LogP contribution in [-0.4, -0.2) is 22.4 Å². The van der Waals surface area contributed by atoms with Crippen LogP contribution in [0.3, 0.4) is 0 Å². The fraction of sp³-hybridized carbons (Fsp3) is 0.227. The number of hydrogen-bond acceptors (Lipinski definition) is 4. The van der Waals surface area contributed by atoms with Gasteiger partial charge in [0.15, 0.2) is 0 Å². The minimum absolute atomic E-state index is 0.248. The van der Waals surface area contributed by atoms with Crippen LogP contribution in [0.1, 0.15) is 33.0 Å². The van der Waals surface area contributed by atoms with Gasteiger partial charge in [-0.3, -0.25) is 4.79 Å². The Balaban J connectivity index is 1.67. The van der Waals surface area contributed by atoms with Gasteiger partial charge in [0.1, 0.15) is 23.2 Å². The van der Waals surface area contributed by atoms with Gasteiger partial charge in [-0.2, -0.15) is 0 Å². The predicted octanol–water partition coefficient (Wildman–Crippen LogP) is 4.45. The summed E-state index contributed by atoms with van der Waals surface area (Å²) in [4.78, 5) is 21.2. The average molecular weight is 378 g/mol. The minimum atomic E-state index is -0.277. The number of carbonyl (C=O) groups excluding carboxylic acids is 1. The molecule has 0 aliphatic heterocycles. The summed E-state index contributed by atoms with van der Waals surface area (Å²) in [5.41, 5.74) is 4.16. The van der Waals surface area contributed by atoms with E-state index >= 15 is 0 Å². The van der Waals surface area contributed by atoms with Gasteiger partial charge in [-0.05, 0) is 62.1 Å². The second-order valence-corrected chi connectivity index (χ2v) is 6.76. The second-order valence-electron chi connectivity index (χ2n) is 6.76. The molecule has 1 heterocycles. The van der Waals surface area contributed by atoms with Crippen LogP contribution in [0.2, 0.25) is 0 Å². The molecule has 1 amide bonds. The largest absolute Gasteiger partial charge is 0.370 e. The molecule has 1 aromatic heterocycles. The Bertz CT molecular complexity index is 986. The van der Waals surface area contributed by atoms with Crippen molar-refractivity contribution in [2.75, 3.05) is 17.2 Å². The van der Waals surface area contributed by atoms with Gasteiger partial charge in [0, 0.05) is 18.3 Å². The molecule has 0 aliphatic carbocycles. The van der Waals surface area contributed by atoms with Crippen molar-refractivity contribution in [1.82, 2.24) is 9.97 Å². The summed E-state index contributed by atoms with van der Waals surface area (Å²) >= 11 is 0. The van der Waals surface area contributed by atoms with Gasteiger partial charge < -0.3 is 10.6 Å². The number of hydrogen-bond donors (Lipinski definition) is 2. The van der Waals surface area contributed by atoms with E-state index in [9.17, 15) is 9.18 Å². The van der Waals surface area contributed by atoms with E-state index in [0.29, 0.717) is 30.3 Å². The highest BCUT2D eigenvalue weighted by Gasteiger charge is 2.12. The van der Waals surface area contributed by atoms with E-state index < -0.39 is 0 Å². The predicted molar refractivity (Wildman–Crippen MR) is 109 cm³/mol. The first kappa shape index (κ1) is 19.5. The third kappa shape index (κ3) is 5.13. The SMILES string of the molecule is Cc1ccc(C)c(NC(=O)c2cc(NCCc3ccc(F)cc3)nc(C)n2)c1. The zero-order chi connectivity index (χ0) is 20.1. The zero-order valence-electron chi connectivity index (χ0n) is 16.2. The van der Waals surface area contributed by atoms with Crippen LogP contribution >= 0.6 is 0 Å². The van der Waals surface area contributed by atoms with E-state index in [1.165, 1.54) is 12.1 Å². The Kier molecular flexibility index (Phi) is 5.99. The molecule has 0 aliphatic rings. The lowest BCUT2D eigenvalue weighted by atomic mass is 10.1. The quantitative estimate of drug-likeness (QED) is 0.665. The molecule has 2 N–H and O–H groups in total. The van der Waals surface area contributed by atoms with Crippen molar-refractivity contribution in [1.29, 1.82) is 0 Å². The van der Waals surface area contributed by atoms with Gasteiger partial charge in [-0.1, -0.05) is 24.3 Å². The number of rotatable bonds is 6. The number of halogens is 1. The third-order valence-corrected chi connectivity index (χ3v) is 4.34. The first-order valence-electron chi connectivity index (χ1n) is 9.13. The number of amides is 1. The van der Waals surface area contributed by atoms with E-state index in [0.717, 1.165) is 22.4 Å². The Hall–Kier alpha value is -3.28. The number of aromatic nitrogens is 2. The monoisotopic (exact) mass is 378 g/mol. The van der Waals surface area contributed by atoms with Gasteiger partial charge in [0.2, 0.25) is 0 Å². The van der Waals surface area contributed by atoms with E-state index in [1.54, 1.807) is 25.1 Å². The molecule has 6 heteroatoms. The molecule has 28 heavy (non-hydrogen) atoms. The summed E-state index contributed by atoms with van der Waals surface area (Å²) in [5, 5.41) is 6.12. The number of anilines is 2. The lowest BCUT2D eigenvalue weighted by Crippen LogP contribution is -2.17. The van der Waals surface area contributed by atoms with Crippen LogP contribution in [0.25, 0.3) is 0 Å². The molecule has 3 rings (SSSR count). The van der Waals surface area contributed by atoms with Crippen LogP contribution in [0.5, 0.6) is 0 Å². The molecule has 2 aromatic carbocycles. The van der Waals surface area contributed by atoms with E-state index in [-0.39, 0.29) is 11.7 Å². The molecule has 0 bridgehead atoms. The van der Waals surface area contributed by atoms with Crippen LogP contribution in [0.4, 0.5) is 15.9 Å². The fourth-order valence-corrected chi connectivity index (χ4v) is 2.82. The maximum absolute atomic E-state index is 13.0. The molecule has 0 radical (unpaired) electrons. The van der Waals surface area contributed by atoms with Crippen molar-refractivity contribution in [3.63, 3.8) is 0 Å². The third-order valence-electron chi connectivity index (χ3n) is 4.34. The summed E-state index contributed by atoms with van der Waals surface area (Å²) < 4.78 is 13.0. The first-order valence-corrected chi connectivity index (χ1v) is 9.13. The summed E-state index contributed by atoms with van der Waals surface area (Å²) in [6.45, 7) is 6.29. The van der Waals surface area contributed by atoms with Crippen molar-refractivity contribution < 1.29 is 9.18 Å². The molecule has 5 nitrogen and oxygen atoms in total.